The van der Waals surface area contributed by atoms with E-state index < -0.39 is 12.3 Å². The average molecular weight is 250 g/mol. The molecule has 0 aliphatic rings. The number of benzene rings is 1. The highest BCUT2D eigenvalue weighted by Gasteiger charge is 2.13. The topological polar surface area (TPSA) is 38.3 Å². The van der Waals surface area contributed by atoms with Crippen LogP contribution in [0.2, 0.25) is 5.02 Å². The van der Waals surface area contributed by atoms with Gasteiger partial charge in [-0.25, -0.2) is 0 Å². The molecule has 0 aliphatic heterocycles. The summed E-state index contributed by atoms with van der Waals surface area (Å²) in [5, 5.41) is 2.45. The SMILES string of the molecule is O=C(NCCOc1ccccc1Cl)C(F)F. The highest BCUT2D eigenvalue weighted by Crippen LogP contribution is 2.22. The Balaban J connectivity index is 2.26. The van der Waals surface area contributed by atoms with Gasteiger partial charge in [-0.15, -0.1) is 0 Å². The van der Waals surface area contributed by atoms with Gasteiger partial charge in [-0.3, -0.25) is 4.79 Å². The average Bonchev–Trinajstić information content (AvgIpc) is 2.26. The molecule has 0 bridgehead atoms. The largest absolute Gasteiger partial charge is 0.490 e. The number of para-hydroxylation sites is 1. The number of carbonyl (C=O) groups excluding carboxylic acids is 1. The molecule has 0 fully saturated rings. The maximum Gasteiger partial charge on any atom is 0.315 e. The Kier molecular flexibility index (Phi) is 4.98. The number of hydrogen-bond acceptors (Lipinski definition) is 2. The van der Waals surface area contributed by atoms with Crippen molar-refractivity contribution in [3.8, 4) is 5.75 Å². The Labute approximate surface area is 96.4 Å². The van der Waals surface area contributed by atoms with E-state index in [1.165, 1.54) is 0 Å². The summed E-state index contributed by atoms with van der Waals surface area (Å²) in [5.41, 5.74) is 0. The summed E-state index contributed by atoms with van der Waals surface area (Å²) >= 11 is 5.78. The van der Waals surface area contributed by atoms with Crippen molar-refractivity contribution in [1.82, 2.24) is 5.32 Å². The lowest BCUT2D eigenvalue weighted by atomic mass is 10.3. The Bertz CT molecular complexity index is 360. The summed E-state index contributed by atoms with van der Waals surface area (Å²) in [6.07, 6.45) is -3.00. The van der Waals surface area contributed by atoms with Crippen LogP contribution in [0.15, 0.2) is 24.3 Å². The number of halogens is 3. The first kappa shape index (κ1) is 12.7. The molecule has 1 aromatic carbocycles. The Morgan fingerprint density at radius 1 is 1.44 bits per heavy atom. The van der Waals surface area contributed by atoms with Crippen molar-refractivity contribution in [3.63, 3.8) is 0 Å². The van der Waals surface area contributed by atoms with Gasteiger partial charge in [0.15, 0.2) is 0 Å². The van der Waals surface area contributed by atoms with Crippen molar-refractivity contribution in [2.75, 3.05) is 13.2 Å². The Morgan fingerprint density at radius 3 is 2.75 bits per heavy atom. The monoisotopic (exact) mass is 249 g/mol. The second-order valence-electron chi connectivity index (χ2n) is 2.87. The van der Waals surface area contributed by atoms with Crippen molar-refractivity contribution in [2.45, 2.75) is 6.43 Å². The summed E-state index contributed by atoms with van der Waals surface area (Å²) in [6.45, 7) is 0.0938. The molecule has 1 rings (SSSR count). The van der Waals surface area contributed by atoms with Crippen LogP contribution in [-0.2, 0) is 4.79 Å². The maximum absolute atomic E-state index is 11.8. The normalized spacial score (nSPS) is 10.2. The summed E-state index contributed by atoms with van der Waals surface area (Å²) in [5.74, 6) is -0.849. The van der Waals surface area contributed by atoms with Crippen LogP contribution >= 0.6 is 11.6 Å². The van der Waals surface area contributed by atoms with Gasteiger partial charge in [0, 0.05) is 0 Å². The van der Waals surface area contributed by atoms with Crippen LogP contribution in [-0.4, -0.2) is 25.5 Å². The van der Waals surface area contributed by atoms with Gasteiger partial charge in [0.2, 0.25) is 0 Å². The van der Waals surface area contributed by atoms with E-state index in [1.807, 2.05) is 5.32 Å². The molecule has 0 saturated carbocycles. The van der Waals surface area contributed by atoms with Gasteiger partial charge in [0.1, 0.15) is 12.4 Å². The lowest BCUT2D eigenvalue weighted by Crippen LogP contribution is -2.32. The van der Waals surface area contributed by atoms with E-state index in [1.54, 1.807) is 24.3 Å². The van der Waals surface area contributed by atoms with Crippen LogP contribution in [0.25, 0.3) is 0 Å². The predicted octanol–water partition coefficient (Wildman–Crippen LogP) is 2.10. The van der Waals surface area contributed by atoms with Crippen LogP contribution in [0.5, 0.6) is 5.75 Å². The number of alkyl halides is 2. The number of amides is 1. The third-order valence-corrected chi connectivity index (χ3v) is 2.01. The maximum atomic E-state index is 11.8. The third kappa shape index (κ3) is 4.02. The molecule has 6 heteroatoms. The lowest BCUT2D eigenvalue weighted by molar-refractivity contribution is -0.131. The molecule has 88 valence electrons. The molecule has 0 unspecified atom stereocenters. The first-order valence-corrected chi connectivity index (χ1v) is 4.92. The van der Waals surface area contributed by atoms with Crippen molar-refractivity contribution >= 4 is 17.5 Å². The van der Waals surface area contributed by atoms with E-state index in [0.717, 1.165) is 0 Å². The molecule has 1 amide bonds. The molecule has 0 heterocycles. The van der Waals surface area contributed by atoms with Crippen LogP contribution in [0.4, 0.5) is 8.78 Å². The van der Waals surface area contributed by atoms with Gasteiger partial charge >= 0.3 is 6.43 Å². The van der Waals surface area contributed by atoms with Crippen LogP contribution in [0.3, 0.4) is 0 Å². The minimum absolute atomic E-state index is 0.00833. The van der Waals surface area contributed by atoms with Gasteiger partial charge in [0.05, 0.1) is 11.6 Å². The lowest BCUT2D eigenvalue weighted by Gasteiger charge is -2.08. The van der Waals surface area contributed by atoms with Gasteiger partial charge in [-0.2, -0.15) is 8.78 Å². The van der Waals surface area contributed by atoms with E-state index >= 15 is 0 Å². The molecule has 16 heavy (non-hydrogen) atoms. The number of ether oxygens (including phenoxy) is 1. The standard InChI is InChI=1S/C10H10ClF2NO2/c11-7-3-1-2-4-8(7)16-6-5-14-10(15)9(12)13/h1-4,9H,5-6H2,(H,14,15). The van der Waals surface area contributed by atoms with E-state index in [-0.39, 0.29) is 13.2 Å². The first-order chi connectivity index (χ1) is 7.61. The number of hydrogen-bond donors (Lipinski definition) is 1. The second kappa shape index (κ2) is 6.27. The van der Waals surface area contributed by atoms with Crippen molar-refractivity contribution in [1.29, 1.82) is 0 Å². The van der Waals surface area contributed by atoms with E-state index in [9.17, 15) is 13.6 Å². The van der Waals surface area contributed by atoms with Crippen molar-refractivity contribution in [2.24, 2.45) is 0 Å². The van der Waals surface area contributed by atoms with Crippen LogP contribution < -0.4 is 10.1 Å². The fourth-order valence-corrected chi connectivity index (χ4v) is 1.16. The zero-order valence-electron chi connectivity index (χ0n) is 8.25. The fourth-order valence-electron chi connectivity index (χ4n) is 0.974. The van der Waals surface area contributed by atoms with Crippen molar-refractivity contribution < 1.29 is 18.3 Å². The molecule has 1 aromatic rings. The van der Waals surface area contributed by atoms with Gasteiger partial charge in [-0.05, 0) is 12.1 Å². The first-order valence-electron chi connectivity index (χ1n) is 4.54. The highest BCUT2D eigenvalue weighted by atomic mass is 35.5. The molecular weight excluding hydrogens is 240 g/mol. The van der Waals surface area contributed by atoms with E-state index in [4.69, 9.17) is 16.3 Å². The number of carbonyl (C=O) groups is 1. The number of rotatable bonds is 5. The predicted molar refractivity (Wildman–Crippen MR) is 56.0 cm³/mol. The minimum Gasteiger partial charge on any atom is -0.490 e. The Hall–Kier alpha value is -1.36. The molecule has 0 atom stereocenters. The van der Waals surface area contributed by atoms with E-state index in [2.05, 4.69) is 0 Å². The molecule has 1 N–H and O–H groups in total. The van der Waals surface area contributed by atoms with Gasteiger partial charge in [0.25, 0.3) is 5.91 Å². The molecule has 0 aromatic heterocycles. The highest BCUT2D eigenvalue weighted by molar-refractivity contribution is 6.32. The third-order valence-electron chi connectivity index (χ3n) is 1.69. The summed E-state index contributed by atoms with van der Waals surface area (Å²) in [6, 6.07) is 6.78. The smallest absolute Gasteiger partial charge is 0.315 e. The second-order valence-corrected chi connectivity index (χ2v) is 3.28. The zero-order valence-corrected chi connectivity index (χ0v) is 9.01. The Morgan fingerprint density at radius 2 is 2.12 bits per heavy atom. The quantitative estimate of drug-likeness (QED) is 0.812. The number of nitrogens with one attached hydrogen (secondary N) is 1. The minimum atomic E-state index is -3.00. The molecular formula is C10H10ClF2NO2. The molecule has 0 saturated heterocycles. The summed E-state index contributed by atoms with van der Waals surface area (Å²) in [4.78, 5) is 10.5. The van der Waals surface area contributed by atoms with E-state index in [0.29, 0.717) is 10.8 Å². The molecule has 3 nitrogen and oxygen atoms in total. The fraction of sp³-hybridized carbons (Fsp3) is 0.300. The van der Waals surface area contributed by atoms with Gasteiger partial charge in [-0.1, -0.05) is 23.7 Å². The summed E-state index contributed by atoms with van der Waals surface area (Å²) < 4.78 is 28.7. The van der Waals surface area contributed by atoms with Crippen LogP contribution in [0.1, 0.15) is 0 Å². The van der Waals surface area contributed by atoms with Gasteiger partial charge < -0.3 is 10.1 Å². The molecule has 0 aliphatic carbocycles. The molecule has 0 spiro atoms. The van der Waals surface area contributed by atoms with Crippen molar-refractivity contribution in [3.05, 3.63) is 29.3 Å². The zero-order chi connectivity index (χ0) is 12.0. The molecule has 0 radical (unpaired) electrons. The summed E-state index contributed by atoms with van der Waals surface area (Å²) in [7, 11) is 0. The van der Waals surface area contributed by atoms with Crippen LogP contribution in [0, 0.1) is 0 Å².